The van der Waals surface area contributed by atoms with Gasteiger partial charge in [-0.3, -0.25) is 10.1 Å². The van der Waals surface area contributed by atoms with Crippen molar-refractivity contribution in [2.45, 2.75) is 19.4 Å². The fraction of sp³-hybridized carbons (Fsp3) is 0.333. The molecule has 0 unspecified atom stereocenters. The Balaban J connectivity index is 1.73. The number of rotatable bonds is 8. The summed E-state index contributed by atoms with van der Waals surface area (Å²) in [6.07, 6.45) is -1.09. The van der Waals surface area contributed by atoms with Crippen molar-refractivity contribution in [3.05, 3.63) is 46.4 Å². The lowest BCUT2D eigenvalue weighted by Gasteiger charge is -2.25. The van der Waals surface area contributed by atoms with E-state index in [1.807, 2.05) is 6.92 Å². The molecule has 8 nitrogen and oxygen atoms in total. The molecule has 0 fully saturated rings. The summed E-state index contributed by atoms with van der Waals surface area (Å²) in [7, 11) is 0. The second-order valence-electron chi connectivity index (χ2n) is 6.87. The van der Waals surface area contributed by atoms with Gasteiger partial charge < -0.3 is 24.1 Å². The van der Waals surface area contributed by atoms with E-state index in [9.17, 15) is 14.7 Å². The highest BCUT2D eigenvalue weighted by atomic mass is 79.9. The number of fused-ring (bicyclic) bond motifs is 1. The van der Waals surface area contributed by atoms with Crippen molar-refractivity contribution in [2.75, 3.05) is 24.5 Å². The summed E-state index contributed by atoms with van der Waals surface area (Å²) in [5.41, 5.74) is 0.907. The fourth-order valence-corrected chi connectivity index (χ4v) is 3.50. The predicted molar refractivity (Wildman–Crippen MR) is 120 cm³/mol. The summed E-state index contributed by atoms with van der Waals surface area (Å²) in [4.78, 5) is 24.0. The predicted octanol–water partition coefficient (Wildman–Crippen LogP) is 4.67. The van der Waals surface area contributed by atoms with Crippen molar-refractivity contribution in [3.8, 4) is 17.2 Å². The zero-order valence-corrected chi connectivity index (χ0v) is 19.1. The van der Waals surface area contributed by atoms with Gasteiger partial charge in [0, 0.05) is 27.7 Å². The van der Waals surface area contributed by atoms with Crippen molar-refractivity contribution in [3.63, 3.8) is 0 Å². The van der Waals surface area contributed by atoms with Gasteiger partial charge in [-0.05, 0) is 36.8 Å². The summed E-state index contributed by atoms with van der Waals surface area (Å²) in [5, 5.41) is 13.0. The third-order valence-corrected chi connectivity index (χ3v) is 5.38. The largest absolute Gasteiger partial charge is 0.508 e. The van der Waals surface area contributed by atoms with Gasteiger partial charge in [-0.1, -0.05) is 22.9 Å². The van der Waals surface area contributed by atoms with Gasteiger partial charge in [-0.15, -0.1) is 0 Å². The highest BCUT2D eigenvalue weighted by Crippen LogP contribution is 2.37. The summed E-state index contributed by atoms with van der Waals surface area (Å²) in [6.45, 7) is 2.11. The molecule has 31 heavy (non-hydrogen) atoms. The molecule has 2 aromatic carbocycles. The fourth-order valence-electron chi connectivity index (χ4n) is 3.03. The Hall–Kier alpha value is -2.59. The molecule has 0 aromatic heterocycles. The number of hydrogen-bond acceptors (Lipinski definition) is 8. The molecule has 10 heteroatoms. The van der Waals surface area contributed by atoms with Gasteiger partial charge in [0.1, 0.15) is 11.9 Å². The van der Waals surface area contributed by atoms with Crippen LogP contribution in [0.1, 0.15) is 25.0 Å². The minimum absolute atomic E-state index is 0.0108. The second-order valence-corrected chi connectivity index (χ2v) is 8.10. The van der Waals surface area contributed by atoms with Crippen molar-refractivity contribution in [1.82, 2.24) is 0 Å². The van der Waals surface area contributed by atoms with Gasteiger partial charge in [0.25, 0.3) is 0 Å². The number of phenolic OH excluding ortho intramolecular Hbond substituents is 1. The van der Waals surface area contributed by atoms with E-state index in [1.54, 1.807) is 30.3 Å². The molecule has 0 aliphatic carbocycles. The highest BCUT2D eigenvalue weighted by molar-refractivity contribution is 9.10. The van der Waals surface area contributed by atoms with E-state index < -0.39 is 18.2 Å². The van der Waals surface area contributed by atoms with Gasteiger partial charge in [0.05, 0.1) is 12.4 Å². The first-order chi connectivity index (χ1) is 14.9. The van der Waals surface area contributed by atoms with E-state index in [2.05, 4.69) is 33.9 Å². The standard InChI is InChI=1S/C21H22BrNO7S/c1-12(6-7-27-19(25)10-31)20(15-8-13(22)2-4-16(15)24)30-21(26)23-14-3-5-17-18(9-14)29-11-28-17/h2-5,8-9,12,20,24,31H,6-7,10-11H2,1H3,(H,23,26)/t12-,20-/m0/s1. The van der Waals surface area contributed by atoms with Gasteiger partial charge in [-0.25, -0.2) is 4.79 Å². The molecule has 3 rings (SSSR count). The third-order valence-electron chi connectivity index (χ3n) is 4.63. The van der Waals surface area contributed by atoms with Crippen LogP contribution < -0.4 is 14.8 Å². The molecular formula is C21H22BrNO7S. The lowest BCUT2D eigenvalue weighted by Crippen LogP contribution is -2.23. The third kappa shape index (κ3) is 6.20. The molecule has 1 heterocycles. The van der Waals surface area contributed by atoms with Gasteiger partial charge >= 0.3 is 12.1 Å². The average Bonchev–Trinajstić information content (AvgIpc) is 3.21. The number of hydrogen-bond donors (Lipinski definition) is 3. The van der Waals surface area contributed by atoms with Crippen LogP contribution in [0.2, 0.25) is 0 Å². The number of thiol groups is 1. The molecule has 0 radical (unpaired) electrons. The number of amides is 1. The summed E-state index contributed by atoms with van der Waals surface area (Å²) in [6, 6.07) is 9.87. The van der Waals surface area contributed by atoms with E-state index in [1.165, 1.54) is 6.07 Å². The van der Waals surface area contributed by atoms with Gasteiger partial charge in [0.2, 0.25) is 6.79 Å². The number of anilines is 1. The summed E-state index contributed by atoms with van der Waals surface area (Å²) < 4.78 is 22.1. The van der Waals surface area contributed by atoms with Gasteiger partial charge in [-0.2, -0.15) is 12.6 Å². The molecule has 1 aliphatic rings. The SMILES string of the molecule is C[C@@H](CCOC(=O)CS)[C@H](OC(=O)Nc1ccc2c(c1)OCO2)c1cc(Br)ccc1O. The molecule has 0 bridgehead atoms. The molecule has 0 saturated heterocycles. The Morgan fingerprint density at radius 1 is 1.23 bits per heavy atom. The van der Waals surface area contributed by atoms with E-state index in [0.717, 1.165) is 4.47 Å². The van der Waals surface area contributed by atoms with Crippen LogP contribution in [0.15, 0.2) is 40.9 Å². The molecule has 166 valence electrons. The van der Waals surface area contributed by atoms with Crippen molar-refractivity contribution in [1.29, 1.82) is 0 Å². The lowest BCUT2D eigenvalue weighted by molar-refractivity contribution is -0.141. The number of carbonyl (C=O) groups is 2. The van der Waals surface area contributed by atoms with Crippen LogP contribution in [0.4, 0.5) is 10.5 Å². The number of carbonyl (C=O) groups excluding carboxylic acids is 2. The highest BCUT2D eigenvalue weighted by Gasteiger charge is 2.27. The molecule has 2 atom stereocenters. The minimum Gasteiger partial charge on any atom is -0.508 e. The smallest absolute Gasteiger partial charge is 0.412 e. The van der Waals surface area contributed by atoms with Gasteiger partial charge in [0.15, 0.2) is 11.5 Å². The number of nitrogens with one attached hydrogen (secondary N) is 1. The number of benzene rings is 2. The molecule has 2 N–H and O–H groups in total. The lowest BCUT2D eigenvalue weighted by atomic mass is 9.94. The molecule has 1 aliphatic heterocycles. The Kier molecular flexibility index (Phi) is 7.91. The monoisotopic (exact) mass is 511 g/mol. The molecular weight excluding hydrogens is 490 g/mol. The first-order valence-electron chi connectivity index (χ1n) is 9.49. The van der Waals surface area contributed by atoms with Crippen LogP contribution in [0.5, 0.6) is 17.2 Å². The Morgan fingerprint density at radius 2 is 2.00 bits per heavy atom. The zero-order chi connectivity index (χ0) is 22.4. The molecule has 0 spiro atoms. The maximum absolute atomic E-state index is 12.6. The van der Waals surface area contributed by atoms with Crippen LogP contribution in [0, 0.1) is 5.92 Å². The molecule has 0 saturated carbocycles. The van der Waals surface area contributed by atoms with E-state index in [4.69, 9.17) is 18.9 Å². The second kappa shape index (κ2) is 10.6. The number of ether oxygens (including phenoxy) is 4. The van der Waals surface area contributed by atoms with E-state index >= 15 is 0 Å². The maximum atomic E-state index is 12.6. The van der Waals surface area contributed by atoms with Crippen LogP contribution in [0.25, 0.3) is 0 Å². The number of aromatic hydroxyl groups is 1. The Labute approximate surface area is 193 Å². The van der Waals surface area contributed by atoms with E-state index in [0.29, 0.717) is 29.2 Å². The zero-order valence-electron chi connectivity index (χ0n) is 16.7. The topological polar surface area (TPSA) is 103 Å². The minimum atomic E-state index is -0.791. The van der Waals surface area contributed by atoms with Crippen molar-refractivity contribution >= 4 is 46.3 Å². The number of esters is 1. The quantitative estimate of drug-likeness (QED) is 0.349. The van der Waals surface area contributed by atoms with Crippen molar-refractivity contribution in [2.24, 2.45) is 5.92 Å². The van der Waals surface area contributed by atoms with Crippen LogP contribution >= 0.6 is 28.6 Å². The summed E-state index contributed by atoms with van der Waals surface area (Å²) >= 11 is 7.24. The average molecular weight is 512 g/mol. The number of phenols is 1. The maximum Gasteiger partial charge on any atom is 0.412 e. The summed E-state index contributed by atoms with van der Waals surface area (Å²) in [5.74, 6) is 0.398. The first-order valence-corrected chi connectivity index (χ1v) is 10.9. The van der Waals surface area contributed by atoms with Crippen molar-refractivity contribution < 1.29 is 33.6 Å². The normalized spacial score (nSPS) is 13.9. The molecule has 2 aromatic rings. The number of halogens is 1. The Bertz CT molecular complexity index is 955. The van der Waals surface area contributed by atoms with Crippen LogP contribution in [-0.2, 0) is 14.3 Å². The molecule has 1 amide bonds. The Morgan fingerprint density at radius 3 is 2.77 bits per heavy atom. The van der Waals surface area contributed by atoms with E-state index in [-0.39, 0.29) is 30.8 Å². The first kappa shape index (κ1) is 23.1. The van der Waals surface area contributed by atoms with Crippen LogP contribution in [-0.4, -0.2) is 36.3 Å². The van der Waals surface area contributed by atoms with Crippen LogP contribution in [0.3, 0.4) is 0 Å².